The molecular formula is C70H131NO8. The quantitative estimate of drug-likeness (QED) is 0.0195. The first-order valence-corrected chi connectivity index (χ1v) is 34.1. The fourth-order valence-corrected chi connectivity index (χ4v) is 10.1. The Morgan fingerprint density at radius 2 is 0.684 bits per heavy atom. The molecule has 464 valence electrons. The molecule has 79 heavy (non-hydrogen) atoms. The number of aliphatic carboxylic acids is 1. The van der Waals surface area contributed by atoms with Gasteiger partial charge in [-0.2, -0.15) is 0 Å². The van der Waals surface area contributed by atoms with E-state index >= 15 is 0 Å². The molecule has 2 atom stereocenters. The van der Waals surface area contributed by atoms with Crippen LogP contribution in [0.15, 0.2) is 36.5 Å². The van der Waals surface area contributed by atoms with Crippen LogP contribution in [0.4, 0.5) is 0 Å². The number of unbranched alkanes of at least 4 members (excludes halogenated alkanes) is 43. The molecular weight excluding hydrogens is 983 g/mol. The van der Waals surface area contributed by atoms with E-state index in [1.54, 1.807) is 0 Å². The molecule has 0 N–H and O–H groups in total. The normalized spacial score (nSPS) is 12.9. The maximum atomic E-state index is 12.9. The number of carbonyl (C=O) groups is 3. The number of carboxylic acids is 1. The maximum absolute atomic E-state index is 12.9. The van der Waals surface area contributed by atoms with Crippen molar-refractivity contribution >= 4 is 17.9 Å². The molecule has 0 aliphatic heterocycles. The van der Waals surface area contributed by atoms with E-state index in [-0.39, 0.29) is 32.2 Å². The van der Waals surface area contributed by atoms with Crippen molar-refractivity contribution in [2.24, 2.45) is 0 Å². The number of quaternary nitrogens is 1. The first-order chi connectivity index (χ1) is 38.6. The van der Waals surface area contributed by atoms with Gasteiger partial charge in [0.1, 0.15) is 13.2 Å². The van der Waals surface area contributed by atoms with E-state index in [2.05, 4.69) is 50.3 Å². The van der Waals surface area contributed by atoms with Gasteiger partial charge < -0.3 is 33.3 Å². The number of rotatable bonds is 64. The minimum Gasteiger partial charge on any atom is -0.545 e. The average Bonchev–Trinajstić information content (AvgIpc) is 3.42. The molecule has 0 radical (unpaired) electrons. The summed E-state index contributed by atoms with van der Waals surface area (Å²) in [4.78, 5) is 37.5. The molecule has 0 aliphatic carbocycles. The second-order valence-corrected chi connectivity index (χ2v) is 24.5. The van der Waals surface area contributed by atoms with Gasteiger partial charge in [0.25, 0.3) is 0 Å². The lowest BCUT2D eigenvalue weighted by Crippen LogP contribution is -2.44. The number of esters is 2. The fraction of sp³-hybridized carbons (Fsp3) is 0.871. The van der Waals surface area contributed by atoms with E-state index in [4.69, 9.17) is 18.9 Å². The molecule has 2 unspecified atom stereocenters. The Hall–Kier alpha value is -2.49. The molecule has 9 nitrogen and oxygen atoms in total. The van der Waals surface area contributed by atoms with Gasteiger partial charge in [-0.15, -0.1) is 0 Å². The number of nitrogens with zero attached hydrogens (tertiary/aromatic N) is 1. The SMILES string of the molecule is CCCCCCC/C=C\C/C=C\C/C=C\CCCCCCCCCCCCCCCCC(=O)OC(COC(=O)CCCCCCCCCCCCCCCCCCCCCCCCCCC)COC(OCC[N+](C)(C)C)C(=O)[O-]. The number of allylic oxidation sites excluding steroid dienone is 6. The summed E-state index contributed by atoms with van der Waals surface area (Å²) in [6, 6.07) is 0. The predicted octanol–water partition coefficient (Wildman–Crippen LogP) is 19.5. The lowest BCUT2D eigenvalue weighted by atomic mass is 10.0. The summed E-state index contributed by atoms with van der Waals surface area (Å²) in [6.07, 6.45) is 73.6. The molecule has 0 saturated heterocycles. The van der Waals surface area contributed by atoms with E-state index in [9.17, 15) is 19.5 Å². The summed E-state index contributed by atoms with van der Waals surface area (Å²) < 4.78 is 22.8. The zero-order valence-corrected chi connectivity index (χ0v) is 53.0. The average molecular weight is 1110 g/mol. The number of likely N-dealkylation sites (N-methyl/N-ethyl adjacent to an activating group) is 1. The summed E-state index contributed by atoms with van der Waals surface area (Å²) in [5.41, 5.74) is 0. The lowest BCUT2D eigenvalue weighted by Gasteiger charge is -2.26. The van der Waals surface area contributed by atoms with Gasteiger partial charge in [0.2, 0.25) is 0 Å². The van der Waals surface area contributed by atoms with Gasteiger partial charge in [-0.05, 0) is 51.4 Å². The van der Waals surface area contributed by atoms with Crippen molar-refractivity contribution in [1.29, 1.82) is 0 Å². The van der Waals surface area contributed by atoms with E-state index in [1.165, 1.54) is 257 Å². The zero-order valence-electron chi connectivity index (χ0n) is 53.0. The van der Waals surface area contributed by atoms with Crippen molar-refractivity contribution in [3.05, 3.63) is 36.5 Å². The molecule has 0 saturated carbocycles. The topological polar surface area (TPSA) is 111 Å². The maximum Gasteiger partial charge on any atom is 0.306 e. The number of hydrogen-bond donors (Lipinski definition) is 0. The number of hydrogen-bond acceptors (Lipinski definition) is 8. The fourth-order valence-electron chi connectivity index (χ4n) is 10.1. The van der Waals surface area contributed by atoms with Crippen LogP contribution in [0.5, 0.6) is 0 Å². The third-order valence-electron chi connectivity index (χ3n) is 15.4. The van der Waals surface area contributed by atoms with Crippen LogP contribution in [-0.2, 0) is 33.3 Å². The van der Waals surface area contributed by atoms with Crippen molar-refractivity contribution < 1.29 is 42.9 Å². The van der Waals surface area contributed by atoms with Crippen LogP contribution in [-0.4, -0.2) is 82.3 Å². The first-order valence-electron chi connectivity index (χ1n) is 34.1. The molecule has 0 heterocycles. The highest BCUT2D eigenvalue weighted by Crippen LogP contribution is 2.18. The molecule has 0 aromatic heterocycles. The van der Waals surface area contributed by atoms with E-state index in [0.29, 0.717) is 23.9 Å². The van der Waals surface area contributed by atoms with Gasteiger partial charge in [-0.1, -0.05) is 307 Å². The Kier molecular flexibility index (Phi) is 59.6. The van der Waals surface area contributed by atoms with Crippen molar-refractivity contribution in [3.8, 4) is 0 Å². The van der Waals surface area contributed by atoms with Crippen LogP contribution in [0.25, 0.3) is 0 Å². The zero-order chi connectivity index (χ0) is 57.6. The molecule has 0 aromatic rings. The van der Waals surface area contributed by atoms with Crippen molar-refractivity contribution in [3.63, 3.8) is 0 Å². The largest absolute Gasteiger partial charge is 0.545 e. The Morgan fingerprint density at radius 3 is 1.01 bits per heavy atom. The Morgan fingerprint density at radius 1 is 0.380 bits per heavy atom. The van der Waals surface area contributed by atoms with Gasteiger partial charge in [0.05, 0.1) is 40.3 Å². The summed E-state index contributed by atoms with van der Waals surface area (Å²) in [5.74, 6) is -2.26. The second-order valence-electron chi connectivity index (χ2n) is 24.5. The van der Waals surface area contributed by atoms with Gasteiger partial charge in [0.15, 0.2) is 12.4 Å². The summed E-state index contributed by atoms with van der Waals surface area (Å²) in [6.45, 7) is 4.80. The summed E-state index contributed by atoms with van der Waals surface area (Å²) in [7, 11) is 5.94. The molecule has 0 fully saturated rings. The smallest absolute Gasteiger partial charge is 0.306 e. The van der Waals surface area contributed by atoms with Crippen molar-refractivity contribution in [2.75, 3.05) is 47.5 Å². The van der Waals surface area contributed by atoms with Gasteiger partial charge in [-0.3, -0.25) is 9.59 Å². The third-order valence-corrected chi connectivity index (χ3v) is 15.4. The molecule has 0 rings (SSSR count). The Balaban J connectivity index is 4.11. The standard InChI is InChI=1S/C70H131NO8/c1-6-8-10-12-14-16-18-20-22-24-26-28-30-32-33-34-35-37-39-41-43-45-47-49-51-53-55-57-59-61-68(73)79-66(65-78-70(69(74)75)76-63-62-71(3,4)5)64-77-67(72)60-58-56-54-52-50-48-46-44-42-40-38-36-31-29-27-25-23-21-19-17-15-13-11-9-7-2/h18,20,24,26,30,32,66,70H,6-17,19,21-23,25,27-29,31,33-65H2,1-5H3/b20-18-,26-24-,32-30-. The molecule has 9 heteroatoms. The molecule has 0 aliphatic rings. The van der Waals surface area contributed by atoms with Crippen LogP contribution in [0.1, 0.15) is 335 Å². The van der Waals surface area contributed by atoms with Gasteiger partial charge in [-0.25, -0.2) is 0 Å². The van der Waals surface area contributed by atoms with Crippen LogP contribution in [0.3, 0.4) is 0 Å². The predicted molar refractivity (Wildman–Crippen MR) is 334 cm³/mol. The van der Waals surface area contributed by atoms with Crippen LogP contribution < -0.4 is 5.11 Å². The highest BCUT2D eigenvalue weighted by atomic mass is 16.7. The Labute approximate surface area is 490 Å². The van der Waals surface area contributed by atoms with Gasteiger partial charge >= 0.3 is 11.9 Å². The van der Waals surface area contributed by atoms with Crippen LogP contribution in [0, 0.1) is 0 Å². The van der Waals surface area contributed by atoms with Crippen LogP contribution >= 0.6 is 0 Å². The number of carboxylic acid groups (broad SMARTS) is 1. The van der Waals surface area contributed by atoms with Crippen LogP contribution in [0.2, 0.25) is 0 Å². The minimum absolute atomic E-state index is 0.150. The number of ether oxygens (including phenoxy) is 4. The lowest BCUT2D eigenvalue weighted by molar-refractivity contribution is -0.870. The number of carbonyl (C=O) groups excluding carboxylic acids is 3. The summed E-state index contributed by atoms with van der Waals surface area (Å²) >= 11 is 0. The van der Waals surface area contributed by atoms with Crippen molar-refractivity contribution in [1.82, 2.24) is 0 Å². The molecule has 0 amide bonds. The molecule has 0 bridgehead atoms. The first kappa shape index (κ1) is 76.5. The van der Waals surface area contributed by atoms with E-state index in [0.717, 1.165) is 44.9 Å². The highest BCUT2D eigenvalue weighted by molar-refractivity contribution is 5.70. The summed E-state index contributed by atoms with van der Waals surface area (Å²) in [5, 5.41) is 11.8. The third kappa shape index (κ3) is 63.0. The highest BCUT2D eigenvalue weighted by Gasteiger charge is 2.22. The van der Waals surface area contributed by atoms with E-state index in [1.807, 2.05) is 21.1 Å². The second kappa shape index (κ2) is 61.6. The minimum atomic E-state index is -1.62. The Bertz CT molecular complexity index is 1390. The van der Waals surface area contributed by atoms with Gasteiger partial charge in [0, 0.05) is 12.8 Å². The molecule has 0 spiro atoms. The molecule has 0 aromatic carbocycles. The monoisotopic (exact) mass is 1110 g/mol. The van der Waals surface area contributed by atoms with E-state index < -0.39 is 24.3 Å². The van der Waals surface area contributed by atoms with Crippen molar-refractivity contribution in [2.45, 2.75) is 347 Å².